The summed E-state index contributed by atoms with van der Waals surface area (Å²) in [6, 6.07) is 5.77. The Hall–Kier alpha value is -2.36. The van der Waals surface area contributed by atoms with E-state index < -0.39 is 0 Å². The summed E-state index contributed by atoms with van der Waals surface area (Å²) in [4.78, 5) is 8.93. The summed E-state index contributed by atoms with van der Waals surface area (Å²) in [6.07, 6.45) is 0. The highest BCUT2D eigenvalue weighted by molar-refractivity contribution is 7.17. The highest BCUT2D eigenvalue weighted by Crippen LogP contribution is 2.39. The third kappa shape index (κ3) is 3.30. The summed E-state index contributed by atoms with van der Waals surface area (Å²) in [5, 5.41) is 15.3. The van der Waals surface area contributed by atoms with Crippen molar-refractivity contribution >= 4 is 16.3 Å². The lowest BCUT2D eigenvalue weighted by molar-refractivity contribution is -1.02. The van der Waals surface area contributed by atoms with Crippen molar-refractivity contribution in [2.24, 2.45) is 0 Å². The van der Waals surface area contributed by atoms with Gasteiger partial charge < -0.3 is 24.4 Å². The van der Waals surface area contributed by atoms with Crippen LogP contribution in [0.15, 0.2) is 18.2 Å². The average Bonchev–Trinajstić information content (AvgIpc) is 3.21. The molecule has 4 rings (SSSR count). The van der Waals surface area contributed by atoms with E-state index in [1.54, 1.807) is 14.2 Å². The zero-order chi connectivity index (χ0) is 19.8. The number of likely N-dealkylation sites (N-methyl/N-ethyl adjacent to an activating group) is 1. The van der Waals surface area contributed by atoms with Gasteiger partial charge in [0, 0.05) is 0 Å². The van der Waals surface area contributed by atoms with Crippen LogP contribution in [-0.2, 0) is 0 Å². The van der Waals surface area contributed by atoms with Gasteiger partial charge in [-0.3, -0.25) is 0 Å². The minimum atomic E-state index is -0.0769. The predicted molar refractivity (Wildman–Crippen MR) is 106 cm³/mol. The number of fused-ring (bicyclic) bond motifs is 1. The van der Waals surface area contributed by atoms with Gasteiger partial charge in [0.25, 0.3) is 0 Å². The van der Waals surface area contributed by atoms with Gasteiger partial charge in [-0.05, 0) is 25.1 Å². The largest absolute Gasteiger partial charge is 0.497 e. The summed E-state index contributed by atoms with van der Waals surface area (Å²) in [6.45, 7) is 6.00. The van der Waals surface area contributed by atoms with E-state index in [0.29, 0.717) is 10.8 Å². The quantitative estimate of drug-likeness (QED) is 0.525. The fraction of sp³-hybridized carbons (Fsp3) is 0.474. The Bertz CT molecular complexity index is 978. The van der Waals surface area contributed by atoms with Gasteiger partial charge in [0.2, 0.25) is 10.8 Å². The fourth-order valence-electron chi connectivity index (χ4n) is 3.93. The van der Waals surface area contributed by atoms with Crippen LogP contribution in [0, 0.1) is 6.92 Å². The summed E-state index contributed by atoms with van der Waals surface area (Å²) < 4.78 is 12.7. The topological polar surface area (TPSA) is 77.8 Å². The first kappa shape index (κ1) is 19.0. The molecule has 150 valence electrons. The van der Waals surface area contributed by atoms with Crippen LogP contribution in [0.5, 0.6) is 17.4 Å². The molecule has 1 aliphatic rings. The molecule has 3 heterocycles. The summed E-state index contributed by atoms with van der Waals surface area (Å²) >= 11 is 1.49. The molecule has 3 N–H and O–H groups in total. The number of quaternary nitrogens is 2. The van der Waals surface area contributed by atoms with E-state index in [0.717, 1.165) is 48.1 Å². The molecule has 0 bridgehead atoms. The Kier molecular flexibility index (Phi) is 5.13. The van der Waals surface area contributed by atoms with Crippen LogP contribution in [0.3, 0.4) is 0 Å². The Balaban J connectivity index is 1.87. The molecule has 0 radical (unpaired) electrons. The van der Waals surface area contributed by atoms with Crippen molar-refractivity contribution in [1.29, 1.82) is 0 Å². The Morgan fingerprint density at radius 2 is 1.93 bits per heavy atom. The van der Waals surface area contributed by atoms with Gasteiger partial charge in [-0.1, -0.05) is 11.3 Å². The Morgan fingerprint density at radius 3 is 2.57 bits per heavy atom. The first-order valence-corrected chi connectivity index (χ1v) is 10.3. The van der Waals surface area contributed by atoms with E-state index in [4.69, 9.17) is 9.47 Å². The third-order valence-electron chi connectivity index (χ3n) is 5.47. The van der Waals surface area contributed by atoms with Crippen molar-refractivity contribution in [3.63, 3.8) is 0 Å². The van der Waals surface area contributed by atoms with Gasteiger partial charge in [-0.25, -0.2) is 4.98 Å². The van der Waals surface area contributed by atoms with E-state index in [-0.39, 0.29) is 11.9 Å². The van der Waals surface area contributed by atoms with E-state index in [1.165, 1.54) is 25.7 Å². The number of ether oxygens (including phenoxy) is 2. The molecule has 0 amide bonds. The molecule has 0 unspecified atom stereocenters. The molecule has 0 aliphatic carbocycles. The molecule has 1 atom stereocenters. The first-order chi connectivity index (χ1) is 13.5. The van der Waals surface area contributed by atoms with Crippen LogP contribution in [0.2, 0.25) is 0 Å². The van der Waals surface area contributed by atoms with Crippen molar-refractivity contribution in [2.75, 3.05) is 47.4 Å². The molecule has 28 heavy (non-hydrogen) atoms. The number of rotatable bonds is 5. The SMILES string of the molecule is COc1ccc(OC)c([C@@H](c2sc3nc(C)nn3c2O)[NH+]2CC[NH+](C)CC2)c1. The molecular weight excluding hydrogens is 378 g/mol. The minimum Gasteiger partial charge on any atom is -0.497 e. The number of hydrogen-bond acceptors (Lipinski definition) is 6. The van der Waals surface area contributed by atoms with Gasteiger partial charge in [0.15, 0.2) is 6.04 Å². The van der Waals surface area contributed by atoms with E-state index >= 15 is 0 Å². The lowest BCUT2D eigenvalue weighted by Gasteiger charge is -2.33. The summed E-state index contributed by atoms with van der Waals surface area (Å²) in [5.41, 5.74) is 1.01. The maximum absolute atomic E-state index is 11.0. The highest BCUT2D eigenvalue weighted by atomic mass is 32.1. The van der Waals surface area contributed by atoms with Crippen molar-refractivity contribution in [3.05, 3.63) is 34.5 Å². The fourth-order valence-corrected chi connectivity index (χ4v) is 5.11. The molecule has 2 aromatic heterocycles. The molecule has 1 aliphatic heterocycles. The van der Waals surface area contributed by atoms with E-state index in [1.807, 2.05) is 25.1 Å². The van der Waals surface area contributed by atoms with Crippen LogP contribution >= 0.6 is 11.3 Å². The number of aryl methyl sites for hydroxylation is 1. The number of benzene rings is 1. The van der Waals surface area contributed by atoms with Crippen molar-refractivity contribution < 1.29 is 24.4 Å². The number of thiazole rings is 1. The summed E-state index contributed by atoms with van der Waals surface area (Å²) in [5.74, 6) is 2.38. The maximum atomic E-state index is 11.0. The smallest absolute Gasteiger partial charge is 0.235 e. The van der Waals surface area contributed by atoms with Crippen LogP contribution in [0.4, 0.5) is 0 Å². The molecule has 3 aromatic rings. The zero-order valence-corrected chi connectivity index (χ0v) is 17.5. The van der Waals surface area contributed by atoms with Gasteiger partial charge in [-0.2, -0.15) is 4.52 Å². The molecular formula is C19H27N5O3S+2. The first-order valence-electron chi connectivity index (χ1n) is 9.44. The second-order valence-corrected chi connectivity index (χ2v) is 8.31. The molecule has 0 saturated carbocycles. The number of aromatic nitrogens is 3. The summed E-state index contributed by atoms with van der Waals surface area (Å²) in [7, 11) is 5.56. The third-order valence-corrected chi connectivity index (χ3v) is 6.55. The molecule has 1 aromatic carbocycles. The second kappa shape index (κ2) is 7.57. The Morgan fingerprint density at radius 1 is 1.18 bits per heavy atom. The van der Waals surface area contributed by atoms with E-state index in [2.05, 4.69) is 17.1 Å². The normalized spacial score (nSPS) is 21.0. The molecule has 8 nitrogen and oxygen atoms in total. The number of piperazine rings is 1. The number of aromatic hydroxyl groups is 1. The highest BCUT2D eigenvalue weighted by Gasteiger charge is 2.37. The number of methoxy groups -OCH3 is 2. The minimum absolute atomic E-state index is 0.0769. The lowest BCUT2D eigenvalue weighted by atomic mass is 10.0. The van der Waals surface area contributed by atoms with Crippen molar-refractivity contribution in [1.82, 2.24) is 14.6 Å². The standard InChI is InChI=1S/C19H25N5O3S/c1-12-20-19-24(21-12)18(25)17(28-19)16(23-9-7-22(2)8-10-23)14-11-13(26-3)5-6-15(14)27-4/h5-6,11,16,25H,7-10H2,1-4H3/p+2/t16-/m0/s1. The molecule has 1 fully saturated rings. The van der Waals surface area contributed by atoms with Crippen LogP contribution in [0.25, 0.3) is 4.96 Å². The zero-order valence-electron chi connectivity index (χ0n) is 16.7. The number of nitrogens with zero attached hydrogens (tertiary/aromatic N) is 3. The van der Waals surface area contributed by atoms with Gasteiger partial charge in [-0.15, -0.1) is 5.10 Å². The predicted octanol–water partition coefficient (Wildman–Crippen LogP) is -0.675. The molecule has 1 saturated heterocycles. The number of hydrogen-bond donors (Lipinski definition) is 3. The lowest BCUT2D eigenvalue weighted by Crippen LogP contribution is -3.27. The van der Waals surface area contributed by atoms with Crippen LogP contribution in [-0.4, -0.2) is 67.2 Å². The van der Waals surface area contributed by atoms with Crippen LogP contribution < -0.4 is 19.3 Å². The van der Waals surface area contributed by atoms with Crippen molar-refractivity contribution in [2.45, 2.75) is 13.0 Å². The average molecular weight is 406 g/mol. The monoisotopic (exact) mass is 405 g/mol. The van der Waals surface area contributed by atoms with Gasteiger partial charge >= 0.3 is 0 Å². The Labute approximate surface area is 167 Å². The van der Waals surface area contributed by atoms with Crippen molar-refractivity contribution in [3.8, 4) is 17.4 Å². The van der Waals surface area contributed by atoms with Gasteiger partial charge in [0.05, 0.1) is 26.8 Å². The maximum Gasteiger partial charge on any atom is 0.235 e. The van der Waals surface area contributed by atoms with E-state index in [9.17, 15) is 5.11 Å². The van der Waals surface area contributed by atoms with Gasteiger partial charge in [0.1, 0.15) is 48.4 Å². The van der Waals surface area contributed by atoms with Crippen LogP contribution in [0.1, 0.15) is 22.3 Å². The second-order valence-electron chi connectivity index (χ2n) is 7.30. The molecule has 9 heteroatoms. The molecule has 0 spiro atoms. The number of nitrogens with one attached hydrogen (secondary N) is 2.